The molecule has 11 fully saturated rings. The Hall–Kier alpha value is -4.66. The van der Waals surface area contributed by atoms with Crippen molar-refractivity contribution in [2.45, 2.75) is 305 Å². The highest BCUT2D eigenvalue weighted by Crippen LogP contribution is 2.56. The van der Waals surface area contributed by atoms with Crippen LogP contribution in [-0.2, 0) is 18.8 Å². The number of piperazine rings is 1. The van der Waals surface area contributed by atoms with E-state index in [1.165, 1.54) is 224 Å². The molecule has 10 aliphatic carbocycles. The molecule has 8 heterocycles. The SMILES string of the molecule is CB1OCC(C)CO1.CC12C=CC(C)(CC1)CC2.CC12CCC(C)(CC1)CC2.CC1=CC=C(C)CC1.CC1CC(C)C1.CC1CCC(C)CC1.CC1CCN(C)CC1.CC1COC(C)OC1.CC1CSC(C)SC1.CN1CCN(C)CC1.COc1ccc(C)ccc1=O.Cc1ccc(C)s1.Cc1ccc2nc(C)nc-2cc1.Cc1ccc2nc(C)oc2c1. The van der Waals surface area contributed by atoms with E-state index in [0.29, 0.717) is 28.4 Å². The van der Waals surface area contributed by atoms with Crippen LogP contribution in [0.1, 0.15) is 277 Å². The van der Waals surface area contributed by atoms with Gasteiger partial charge in [0.1, 0.15) is 11.3 Å². The molecule has 20 rings (SSSR count). The minimum absolute atomic E-state index is 0.0196. The number of thiophene rings is 1. The normalized spacial score (nSPS) is 28.1. The largest absolute Gasteiger partial charge is 0.493 e. The number of methoxy groups -OCH3 is 1. The van der Waals surface area contributed by atoms with Crippen LogP contribution in [0.3, 0.4) is 0 Å². The van der Waals surface area contributed by atoms with Crippen molar-refractivity contribution in [3.8, 4) is 17.1 Å². The third-order valence-corrected chi connectivity index (χ3v) is 30.3. The van der Waals surface area contributed by atoms with Crippen molar-refractivity contribution in [2.75, 3.05) is 105 Å². The van der Waals surface area contributed by atoms with E-state index in [-0.39, 0.29) is 18.8 Å². The molecule has 692 valence electrons. The summed E-state index contributed by atoms with van der Waals surface area (Å²) in [7, 11) is 8.06. The van der Waals surface area contributed by atoms with Gasteiger partial charge >= 0.3 is 7.12 Å². The fourth-order valence-corrected chi connectivity index (χ4v) is 19.3. The summed E-state index contributed by atoms with van der Waals surface area (Å²) in [5.74, 6) is 11.9. The fraction of sp³-hybridized carbons (Fsp3) is 0.698. The highest BCUT2D eigenvalue weighted by Gasteiger charge is 2.43. The summed E-state index contributed by atoms with van der Waals surface area (Å²) in [5, 5.41) is 0. The van der Waals surface area contributed by atoms with Crippen molar-refractivity contribution in [3.63, 3.8) is 0 Å². The van der Waals surface area contributed by atoms with Gasteiger partial charge in [-0.2, -0.15) is 0 Å². The zero-order valence-electron chi connectivity index (χ0n) is 83.1. The van der Waals surface area contributed by atoms with Gasteiger partial charge in [0.25, 0.3) is 0 Å². The average Bonchev–Trinajstić information content (AvgIpc) is 1.40. The lowest BCUT2D eigenvalue weighted by Gasteiger charge is -2.50. The number of allylic oxidation sites excluding steroid dienone is 6. The Labute approximate surface area is 765 Å². The number of aryl methyl sites for hydroxylation is 7. The van der Waals surface area contributed by atoms with Crippen LogP contribution in [0.2, 0.25) is 6.82 Å². The number of piperidine rings is 1. The third kappa shape index (κ3) is 46.4. The molecule has 0 unspecified atom stereocenters. The third-order valence-electron chi connectivity index (χ3n) is 26.1. The fourth-order valence-electron chi connectivity index (χ4n) is 16.1. The smallest absolute Gasteiger partial charge is 0.453 e. The summed E-state index contributed by atoms with van der Waals surface area (Å²) in [4.78, 5) is 33.8. The van der Waals surface area contributed by atoms with Crippen LogP contribution in [0, 0.1) is 117 Å². The molecule has 123 heavy (non-hydrogen) atoms. The average molecular weight is 1750 g/mol. The maximum Gasteiger partial charge on any atom is 0.453 e. The van der Waals surface area contributed by atoms with Crippen molar-refractivity contribution < 1.29 is 27.9 Å². The zero-order chi connectivity index (χ0) is 90.9. The number of rotatable bonds is 1. The van der Waals surface area contributed by atoms with Crippen molar-refractivity contribution in [1.82, 2.24) is 29.7 Å². The molecule has 16 aliphatic rings. The molecule has 0 atom stereocenters. The number of aromatic nitrogens is 3. The summed E-state index contributed by atoms with van der Waals surface area (Å²) < 4.78 is 31.7. The highest BCUT2D eigenvalue weighted by molar-refractivity contribution is 8.17. The standard InChI is InChI=1S/C10H10N2.C10H18.C10H16.C9H9NO.C9H10O2.C8H16.C8H12.C7H15N.C6H14N2.C6H12O2.C6H12S2.C6H8S.C6H12.C5H11BO2/c1-7-3-5-9-10(6-4-7)12-8(2)11-9;2*1-9-3-6-10(2,7-4-9)8-5-9;1-6-3-4-8-9(5-6)11-7(2)10-8;1-7-3-5-8(10)9(11-2)6-4-7;4*1-7-3-5-8(2)6-4-7;2*1-5-3-7-6(2)8-4-5;1-5-3-4-6(2)7-5;1-5-3-6(2)4-5;1-5-3-7-6(2)8-4-5/h3-6H,1-2H3;3-8H2,1-2H3;3,6H,4-5,7-8H2,1-2H3;3-5H,1-2H3;3-6H,1-2H3;7-8H,3-6H2,1-2H3;3,5H,4,6H2,1-2H3;7H,3-6H2,1-2H3;3-6H2,1-2H3;2*5-6H,3-4H2,1-2H3;3-4H,1-2H3;5-6H,3-4H2,1-2H3;5H,3-4H2,1-2H3. The van der Waals surface area contributed by atoms with Gasteiger partial charge in [-0.25, -0.2) is 15.0 Å². The van der Waals surface area contributed by atoms with E-state index in [1.54, 1.807) is 12.1 Å². The van der Waals surface area contributed by atoms with Crippen LogP contribution in [0.25, 0.3) is 22.5 Å². The van der Waals surface area contributed by atoms with E-state index in [4.69, 9.17) is 27.9 Å². The van der Waals surface area contributed by atoms with E-state index in [1.807, 2.05) is 89.2 Å². The molecule has 2 aromatic heterocycles. The Bertz CT molecular complexity index is 3610. The number of likely N-dealkylation sites (N-methyl/N-ethyl adjacent to an activating group) is 2. The molecule has 0 radical (unpaired) electrons. The van der Waals surface area contributed by atoms with Crippen molar-refractivity contribution in [1.29, 1.82) is 0 Å². The molecule has 0 amide bonds. The molecule has 0 N–H and O–H groups in total. The topological polar surface area (TPSA) is 125 Å². The van der Waals surface area contributed by atoms with E-state index < -0.39 is 0 Å². The van der Waals surface area contributed by atoms with E-state index in [0.717, 1.165) is 117 Å². The van der Waals surface area contributed by atoms with Crippen LogP contribution in [-0.4, -0.2) is 153 Å². The van der Waals surface area contributed by atoms with Crippen LogP contribution in [0.5, 0.6) is 5.75 Å². The van der Waals surface area contributed by atoms with Crippen LogP contribution in [0.4, 0.5) is 0 Å². The molecular weight excluding hydrogens is 1580 g/mol. The van der Waals surface area contributed by atoms with E-state index >= 15 is 0 Å². The lowest BCUT2D eigenvalue weighted by atomic mass is 9.55. The summed E-state index contributed by atoms with van der Waals surface area (Å²) >= 11 is 6.02. The van der Waals surface area contributed by atoms with Gasteiger partial charge in [0.2, 0.25) is 5.43 Å². The Morgan fingerprint density at radius 3 is 1.20 bits per heavy atom. The quantitative estimate of drug-likeness (QED) is 0.114. The summed E-state index contributed by atoms with van der Waals surface area (Å²) in [6.45, 7) is 63.5. The molecule has 4 aromatic rings. The number of hydrogen-bond donors (Lipinski definition) is 0. The highest BCUT2D eigenvalue weighted by atomic mass is 32.2. The number of nitrogens with zero attached hydrogens (tertiary/aromatic N) is 6. The summed E-state index contributed by atoms with van der Waals surface area (Å²) in [6, 6.07) is 25.2. The van der Waals surface area contributed by atoms with E-state index in [2.05, 4.69) is 248 Å². The maximum absolute atomic E-state index is 11.1. The van der Waals surface area contributed by atoms with Crippen LogP contribution >= 0.6 is 34.9 Å². The van der Waals surface area contributed by atoms with Gasteiger partial charge in [-0.05, 0) is 342 Å². The number of hydrogen-bond acceptors (Lipinski definition) is 16. The molecule has 4 bridgehead atoms. The van der Waals surface area contributed by atoms with E-state index in [9.17, 15) is 4.79 Å². The number of fused-ring (bicyclic) bond motifs is 7. The van der Waals surface area contributed by atoms with Gasteiger partial charge in [0.15, 0.2) is 23.5 Å². The Morgan fingerprint density at radius 1 is 0.447 bits per heavy atom. The Balaban J connectivity index is 0.000000236. The Kier molecular flexibility index (Phi) is 50.2. The van der Waals surface area contributed by atoms with Crippen LogP contribution in [0.15, 0.2) is 124 Å². The lowest BCUT2D eigenvalue weighted by molar-refractivity contribution is -0.187. The van der Waals surface area contributed by atoms with Gasteiger partial charge in [-0.3, -0.25) is 4.79 Å². The first-order valence-electron chi connectivity index (χ1n) is 47.6. The first-order valence-corrected chi connectivity index (χ1v) is 50.5. The maximum atomic E-state index is 11.1. The lowest BCUT2D eigenvalue weighted by Crippen LogP contribution is -2.42. The second kappa shape index (κ2) is 56.7. The summed E-state index contributed by atoms with van der Waals surface area (Å²) in [5.41, 5.74) is 12.9. The van der Waals surface area contributed by atoms with Gasteiger partial charge in [-0.1, -0.05) is 186 Å². The molecular formula is C106H175BN6O7S3. The number of benzene rings is 1. The predicted molar refractivity (Wildman–Crippen MR) is 536 cm³/mol. The Morgan fingerprint density at radius 2 is 0.846 bits per heavy atom. The van der Waals surface area contributed by atoms with Crippen molar-refractivity contribution in [3.05, 3.63) is 163 Å². The first-order chi connectivity index (χ1) is 58.1. The number of imidazole rings is 1. The number of likely N-dealkylation sites (tertiary alicyclic amines) is 1. The molecule has 0 spiro atoms. The summed E-state index contributed by atoms with van der Waals surface area (Å²) in [6.07, 6.45) is 38.2. The van der Waals surface area contributed by atoms with Crippen molar-refractivity contribution in [2.24, 2.45) is 69.0 Å². The van der Waals surface area contributed by atoms with Gasteiger partial charge in [0.05, 0.1) is 31.7 Å². The molecule has 17 heteroatoms. The van der Waals surface area contributed by atoms with Gasteiger partial charge in [0, 0.05) is 66.6 Å². The second-order valence-electron chi connectivity index (χ2n) is 40.6. The van der Waals surface area contributed by atoms with Crippen molar-refractivity contribution >= 4 is 53.1 Å². The first kappa shape index (κ1) is 109. The molecule has 5 saturated heterocycles. The monoisotopic (exact) mass is 1750 g/mol. The van der Waals surface area contributed by atoms with Crippen LogP contribution < -0.4 is 10.2 Å². The molecule has 13 nitrogen and oxygen atoms in total. The number of ether oxygens (including phenoxy) is 3. The molecule has 6 saturated carbocycles. The minimum atomic E-state index is -0.0828. The number of thioether (sulfide) groups is 2. The predicted octanol–water partition coefficient (Wildman–Crippen LogP) is 27.9. The van der Waals surface area contributed by atoms with Gasteiger partial charge < -0.3 is 42.6 Å². The molecule has 6 aliphatic heterocycles. The van der Waals surface area contributed by atoms with Gasteiger partial charge in [-0.15, -0.1) is 34.9 Å². The zero-order valence-corrected chi connectivity index (χ0v) is 85.5. The minimum Gasteiger partial charge on any atom is -0.493 e. The second-order valence-corrected chi connectivity index (χ2v) is 45.1. The number of oxazole rings is 1. The molecule has 2 aromatic carbocycles.